The highest BCUT2D eigenvalue weighted by Crippen LogP contribution is 2.32. The van der Waals surface area contributed by atoms with Gasteiger partial charge in [-0.05, 0) is 12.1 Å². The van der Waals surface area contributed by atoms with Crippen LogP contribution in [0.15, 0.2) is 22.6 Å². The van der Waals surface area contributed by atoms with Gasteiger partial charge in [-0.25, -0.2) is 0 Å². The van der Waals surface area contributed by atoms with Crippen LogP contribution in [0.1, 0.15) is 10.6 Å². The van der Waals surface area contributed by atoms with Crippen molar-refractivity contribution >= 4 is 28.5 Å². The first-order valence-electron chi connectivity index (χ1n) is 7.37. The van der Waals surface area contributed by atoms with Crippen molar-refractivity contribution in [2.45, 2.75) is 0 Å². The predicted molar refractivity (Wildman–Crippen MR) is 85.1 cm³/mol. The normalized spacial score (nSPS) is 18.9. The number of furan rings is 1. The number of nitrogens with zero attached hydrogens (tertiary/aromatic N) is 1. The van der Waals surface area contributed by atoms with Gasteiger partial charge in [0.05, 0.1) is 20.3 Å². The lowest BCUT2D eigenvalue weighted by Gasteiger charge is -2.21. The topological polar surface area (TPSA) is 72.1 Å². The summed E-state index contributed by atoms with van der Waals surface area (Å²) in [6, 6.07) is 5.02. The molecule has 0 radical (unpaired) electrons. The number of hydrogen-bond acceptors (Lipinski definition) is 5. The van der Waals surface area contributed by atoms with Crippen LogP contribution in [-0.2, 0) is 4.74 Å². The molecule has 1 aliphatic heterocycles. The Morgan fingerprint density at radius 1 is 1.48 bits per heavy atom. The minimum absolute atomic E-state index is 0.0205. The molecule has 1 fully saturated rings. The molecule has 1 amide bonds. The summed E-state index contributed by atoms with van der Waals surface area (Å²) in [6.07, 6.45) is 0. The second-order valence-corrected chi connectivity index (χ2v) is 5.95. The number of ether oxygens (including phenoxy) is 2. The average Bonchev–Trinajstić information content (AvgIpc) is 2.82. The summed E-state index contributed by atoms with van der Waals surface area (Å²) in [5.74, 6) is 0.385. The number of carbonyl (C=O) groups excluding carboxylic acids is 1. The zero-order chi connectivity index (χ0) is 16.4. The molecule has 0 aliphatic carbocycles. The number of benzene rings is 1. The first-order valence-corrected chi connectivity index (χ1v) is 7.75. The zero-order valence-corrected chi connectivity index (χ0v) is 13.5. The Hall–Kier alpha value is -1.76. The van der Waals surface area contributed by atoms with E-state index in [1.54, 1.807) is 23.1 Å². The van der Waals surface area contributed by atoms with Gasteiger partial charge in [0.2, 0.25) is 0 Å². The Kier molecular flexibility index (Phi) is 4.75. The lowest BCUT2D eigenvalue weighted by Crippen LogP contribution is -2.36. The van der Waals surface area contributed by atoms with E-state index < -0.39 is 0 Å². The summed E-state index contributed by atoms with van der Waals surface area (Å²) >= 11 is 6.04. The highest BCUT2D eigenvalue weighted by Gasteiger charge is 2.26. The minimum Gasteiger partial charge on any atom is -0.493 e. The van der Waals surface area contributed by atoms with E-state index in [0.717, 1.165) is 0 Å². The van der Waals surface area contributed by atoms with Gasteiger partial charge in [-0.3, -0.25) is 4.79 Å². The molecule has 2 aromatic rings. The Morgan fingerprint density at radius 2 is 2.30 bits per heavy atom. The van der Waals surface area contributed by atoms with E-state index in [1.165, 1.54) is 7.11 Å². The van der Waals surface area contributed by atoms with Gasteiger partial charge in [0.15, 0.2) is 17.1 Å². The van der Waals surface area contributed by atoms with Crippen molar-refractivity contribution in [1.29, 1.82) is 0 Å². The third kappa shape index (κ3) is 3.29. The van der Waals surface area contributed by atoms with Gasteiger partial charge < -0.3 is 23.9 Å². The summed E-state index contributed by atoms with van der Waals surface area (Å²) < 4.78 is 16.3. The second kappa shape index (κ2) is 6.78. The largest absolute Gasteiger partial charge is 0.493 e. The van der Waals surface area contributed by atoms with Crippen molar-refractivity contribution in [3.05, 3.63) is 29.0 Å². The molecule has 1 saturated heterocycles. The molecule has 1 N–H and O–H groups in total. The van der Waals surface area contributed by atoms with Crippen LogP contribution in [-0.4, -0.2) is 55.9 Å². The molecule has 1 aromatic heterocycles. The molecular formula is C16H18ClNO5. The van der Waals surface area contributed by atoms with Crippen LogP contribution in [0.4, 0.5) is 0 Å². The smallest absolute Gasteiger partial charge is 0.289 e. The number of aliphatic hydroxyl groups is 1. The van der Waals surface area contributed by atoms with E-state index in [-0.39, 0.29) is 24.2 Å². The molecule has 7 heteroatoms. The highest BCUT2D eigenvalue weighted by molar-refractivity contribution is 6.31. The Balaban J connectivity index is 1.91. The van der Waals surface area contributed by atoms with Crippen LogP contribution in [0, 0.1) is 5.92 Å². The third-order valence-electron chi connectivity index (χ3n) is 3.86. The number of methoxy groups -OCH3 is 1. The third-order valence-corrected chi connectivity index (χ3v) is 4.08. The number of halogens is 1. The maximum absolute atomic E-state index is 12.7. The van der Waals surface area contributed by atoms with Gasteiger partial charge in [0.1, 0.15) is 0 Å². The maximum Gasteiger partial charge on any atom is 0.289 e. The van der Waals surface area contributed by atoms with Crippen LogP contribution in [0.5, 0.6) is 5.75 Å². The van der Waals surface area contributed by atoms with Crippen molar-refractivity contribution in [1.82, 2.24) is 4.90 Å². The van der Waals surface area contributed by atoms with Crippen LogP contribution >= 0.6 is 11.6 Å². The number of hydrogen-bond donors (Lipinski definition) is 1. The number of rotatable bonds is 3. The Bertz CT molecular complexity index is 714. The standard InChI is InChI=1S/C16H18ClNO5/c1-21-13-6-12(17)4-11-5-14(23-15(11)13)16(20)18-2-3-22-9-10(7-18)8-19/h4-6,10,19H,2-3,7-9H2,1H3. The Labute approximate surface area is 138 Å². The van der Waals surface area contributed by atoms with Crippen molar-refractivity contribution in [2.24, 2.45) is 5.92 Å². The van der Waals surface area contributed by atoms with E-state index in [9.17, 15) is 9.90 Å². The molecule has 0 spiro atoms. The molecule has 0 saturated carbocycles. The quantitative estimate of drug-likeness (QED) is 0.928. The van der Waals surface area contributed by atoms with Crippen molar-refractivity contribution < 1.29 is 23.8 Å². The molecule has 1 atom stereocenters. The fourth-order valence-corrected chi connectivity index (χ4v) is 2.89. The predicted octanol–water partition coefficient (Wildman–Crippen LogP) is 2.18. The van der Waals surface area contributed by atoms with Crippen LogP contribution < -0.4 is 4.74 Å². The van der Waals surface area contributed by atoms with Gasteiger partial charge in [-0.2, -0.15) is 0 Å². The lowest BCUT2D eigenvalue weighted by molar-refractivity contribution is 0.0698. The molecule has 1 unspecified atom stereocenters. The van der Waals surface area contributed by atoms with Crippen LogP contribution in [0.2, 0.25) is 5.02 Å². The van der Waals surface area contributed by atoms with E-state index in [4.69, 9.17) is 25.5 Å². The molecule has 1 aliphatic rings. The minimum atomic E-state index is -0.233. The van der Waals surface area contributed by atoms with Crippen LogP contribution in [0.25, 0.3) is 11.0 Å². The molecule has 124 valence electrons. The number of fused-ring (bicyclic) bond motifs is 1. The summed E-state index contributed by atoms with van der Waals surface area (Å²) in [5.41, 5.74) is 0.491. The summed E-state index contributed by atoms with van der Waals surface area (Å²) in [4.78, 5) is 14.3. The summed E-state index contributed by atoms with van der Waals surface area (Å²) in [6.45, 7) is 1.77. The Morgan fingerprint density at radius 3 is 3.04 bits per heavy atom. The monoisotopic (exact) mass is 339 g/mol. The maximum atomic E-state index is 12.7. The zero-order valence-electron chi connectivity index (χ0n) is 12.8. The molecular weight excluding hydrogens is 322 g/mol. The van der Waals surface area contributed by atoms with Crippen molar-refractivity contribution in [2.75, 3.05) is 40.0 Å². The number of aliphatic hydroxyl groups excluding tert-OH is 1. The second-order valence-electron chi connectivity index (χ2n) is 5.51. The van der Waals surface area contributed by atoms with Crippen molar-refractivity contribution in [3.63, 3.8) is 0 Å². The lowest BCUT2D eigenvalue weighted by atomic mass is 10.1. The molecule has 1 aromatic carbocycles. The van der Waals surface area contributed by atoms with Gasteiger partial charge in [0.25, 0.3) is 5.91 Å². The first-order chi connectivity index (χ1) is 11.1. The average molecular weight is 340 g/mol. The van der Waals surface area contributed by atoms with Crippen molar-refractivity contribution in [3.8, 4) is 5.75 Å². The molecule has 2 heterocycles. The van der Waals surface area contributed by atoms with Crippen LogP contribution in [0.3, 0.4) is 0 Å². The van der Waals surface area contributed by atoms with Gasteiger partial charge in [-0.1, -0.05) is 11.6 Å². The summed E-state index contributed by atoms with van der Waals surface area (Å²) in [7, 11) is 1.52. The number of amides is 1. The fraction of sp³-hybridized carbons (Fsp3) is 0.438. The van der Waals surface area contributed by atoms with E-state index in [0.29, 0.717) is 48.0 Å². The van der Waals surface area contributed by atoms with Gasteiger partial charge >= 0.3 is 0 Å². The first kappa shape index (κ1) is 16.1. The summed E-state index contributed by atoms with van der Waals surface area (Å²) in [5, 5.41) is 10.5. The number of carbonyl (C=O) groups is 1. The highest BCUT2D eigenvalue weighted by atomic mass is 35.5. The fourth-order valence-electron chi connectivity index (χ4n) is 2.67. The van der Waals surface area contributed by atoms with E-state index >= 15 is 0 Å². The van der Waals surface area contributed by atoms with E-state index in [1.807, 2.05) is 0 Å². The molecule has 0 bridgehead atoms. The van der Waals surface area contributed by atoms with E-state index in [2.05, 4.69) is 0 Å². The molecule has 23 heavy (non-hydrogen) atoms. The molecule has 3 rings (SSSR count). The SMILES string of the molecule is COc1cc(Cl)cc2cc(C(=O)N3CCOCC(CO)C3)oc12. The molecule has 6 nitrogen and oxygen atoms in total. The van der Waals surface area contributed by atoms with Gasteiger partial charge in [-0.15, -0.1) is 0 Å². The van der Waals surface area contributed by atoms with Gasteiger partial charge in [0, 0.05) is 42.1 Å².